The molecule has 4 aliphatic rings. The van der Waals surface area contributed by atoms with Crippen LogP contribution in [0.25, 0.3) is 33.6 Å². The second kappa shape index (κ2) is 11.0. The van der Waals surface area contributed by atoms with Crippen LogP contribution in [0.5, 0.6) is 0 Å². The molecule has 48 heavy (non-hydrogen) atoms. The molecular weight excluding hydrogens is 604 g/mol. The Balaban J connectivity index is 0.935. The molecule has 4 aromatic rings. The van der Waals surface area contributed by atoms with Gasteiger partial charge in [-0.15, -0.1) is 0 Å². The number of rotatable bonds is 5. The third kappa shape index (κ3) is 5.86. The minimum atomic E-state index is -0.532. The average Bonchev–Trinajstić information content (AvgIpc) is 3.62. The van der Waals surface area contributed by atoms with Crippen molar-refractivity contribution in [1.29, 1.82) is 0 Å². The Bertz CT molecular complexity index is 1710. The molecule has 2 aromatic carbocycles. The maximum absolute atomic E-state index is 13.0. The van der Waals surface area contributed by atoms with E-state index >= 15 is 0 Å². The monoisotopic (exact) mass is 648 g/mol. The molecule has 0 spiro atoms. The van der Waals surface area contributed by atoms with Gasteiger partial charge in [-0.1, -0.05) is 48.5 Å². The zero-order valence-electron chi connectivity index (χ0n) is 28.5. The lowest BCUT2D eigenvalue weighted by Crippen LogP contribution is -2.38. The molecule has 10 heteroatoms. The smallest absolute Gasteiger partial charge is 0.411 e. The van der Waals surface area contributed by atoms with Gasteiger partial charge < -0.3 is 19.4 Å². The summed E-state index contributed by atoms with van der Waals surface area (Å²) in [5.41, 5.74) is 5.09. The molecule has 4 heterocycles. The minimum Gasteiger partial charge on any atom is -0.444 e. The van der Waals surface area contributed by atoms with E-state index in [2.05, 4.69) is 58.5 Å². The number of hydrogen-bond donors (Lipinski definition) is 2. The van der Waals surface area contributed by atoms with Crippen molar-refractivity contribution in [3.8, 4) is 33.6 Å². The molecule has 8 rings (SSSR count). The number of hydrogen-bond acceptors (Lipinski definition) is 6. The highest BCUT2D eigenvalue weighted by atomic mass is 16.6. The van der Waals surface area contributed by atoms with Crippen LogP contribution in [-0.4, -0.2) is 65.2 Å². The fourth-order valence-electron chi connectivity index (χ4n) is 7.55. The predicted octanol–water partition coefficient (Wildman–Crippen LogP) is 8.27. The van der Waals surface area contributed by atoms with Crippen LogP contribution in [-0.2, 0) is 9.47 Å². The normalized spacial score (nSPS) is 25.9. The first-order valence-electron chi connectivity index (χ1n) is 17.1. The van der Waals surface area contributed by atoms with E-state index in [-0.39, 0.29) is 36.4 Å². The number of aromatic amines is 2. The molecule has 10 nitrogen and oxygen atoms in total. The van der Waals surface area contributed by atoms with Gasteiger partial charge in [0.05, 0.1) is 35.9 Å². The number of likely N-dealkylation sites (tertiary alicyclic amines) is 2. The van der Waals surface area contributed by atoms with Crippen molar-refractivity contribution >= 4 is 12.2 Å². The SMILES string of the molecule is CC(C)(C)OC(=O)N1[C@@H]2C[C@@H]2C[C@H]1c1ncc(-c2ccc(-c3ccc(-c4cnc([C@@H]5C[C@H]6C[C@H]6N5C(=O)OC(C)(C)C)[nH]4)cc3)cc2)[nH]1. The van der Waals surface area contributed by atoms with Gasteiger partial charge in [0.15, 0.2) is 0 Å². The number of nitrogens with zero attached hydrogens (tertiary/aromatic N) is 4. The number of imidazole rings is 2. The number of amides is 2. The number of H-pyrrole nitrogens is 2. The van der Waals surface area contributed by atoms with E-state index in [0.29, 0.717) is 11.8 Å². The number of benzene rings is 2. The Labute approximate surface area is 281 Å². The lowest BCUT2D eigenvalue weighted by Gasteiger charge is -2.29. The fourth-order valence-corrected chi connectivity index (χ4v) is 7.55. The lowest BCUT2D eigenvalue weighted by atomic mass is 10.0. The highest BCUT2D eigenvalue weighted by Gasteiger charge is 2.57. The minimum absolute atomic E-state index is 0.0891. The topological polar surface area (TPSA) is 116 Å². The number of nitrogens with one attached hydrogen (secondary N) is 2. The van der Waals surface area contributed by atoms with E-state index in [1.165, 1.54) is 0 Å². The molecule has 2 aliphatic carbocycles. The van der Waals surface area contributed by atoms with E-state index in [9.17, 15) is 9.59 Å². The summed E-state index contributed by atoms with van der Waals surface area (Å²) in [6, 6.07) is 17.2. The first-order chi connectivity index (χ1) is 22.8. The van der Waals surface area contributed by atoms with Crippen LogP contribution < -0.4 is 0 Å². The Kier molecular flexibility index (Phi) is 7.02. The number of fused-ring (bicyclic) bond motifs is 2. The standard InChI is InChI=1S/C38H44N6O4/c1-37(2,3)47-35(45)43-29-15-25(29)17-31(43)33-39-19-27(41-33)23-11-7-21(8-12-23)22-9-13-24(14-10-22)28-20-40-34(42-28)32-18-26-16-30(26)44(32)36(46)48-38(4,5)6/h7-14,19-20,25-26,29-32H,15-18H2,1-6H3,(H,39,41)(H,40,42)/t25-,26-,29-,30-,31+,32+/m1/s1. The largest absolute Gasteiger partial charge is 0.444 e. The molecule has 2 N–H and O–H groups in total. The summed E-state index contributed by atoms with van der Waals surface area (Å²) in [7, 11) is 0. The van der Waals surface area contributed by atoms with Crippen molar-refractivity contribution in [3.63, 3.8) is 0 Å². The van der Waals surface area contributed by atoms with Gasteiger partial charge in [0, 0.05) is 12.1 Å². The second-order valence-corrected chi connectivity index (χ2v) is 15.9. The Morgan fingerprint density at radius 3 is 1.31 bits per heavy atom. The summed E-state index contributed by atoms with van der Waals surface area (Å²) in [5.74, 6) is 2.69. The molecule has 2 amide bonds. The summed E-state index contributed by atoms with van der Waals surface area (Å²) in [6.45, 7) is 11.4. The van der Waals surface area contributed by atoms with Crippen molar-refractivity contribution in [2.45, 2.75) is 103 Å². The first-order valence-corrected chi connectivity index (χ1v) is 17.1. The molecule has 6 atom stereocenters. The Morgan fingerprint density at radius 1 is 0.604 bits per heavy atom. The van der Waals surface area contributed by atoms with E-state index in [1.807, 2.05) is 63.7 Å². The molecular formula is C38H44N6O4. The van der Waals surface area contributed by atoms with Crippen LogP contribution in [0.3, 0.4) is 0 Å². The second-order valence-electron chi connectivity index (χ2n) is 15.9. The zero-order chi connectivity index (χ0) is 33.5. The number of ether oxygens (including phenoxy) is 2. The predicted molar refractivity (Wildman–Crippen MR) is 182 cm³/mol. The van der Waals surface area contributed by atoms with Crippen molar-refractivity contribution < 1.29 is 19.1 Å². The number of piperidine rings is 2. The van der Waals surface area contributed by atoms with Crippen molar-refractivity contribution in [1.82, 2.24) is 29.7 Å². The van der Waals surface area contributed by atoms with Crippen LogP contribution >= 0.6 is 0 Å². The van der Waals surface area contributed by atoms with Gasteiger partial charge in [-0.3, -0.25) is 9.80 Å². The van der Waals surface area contributed by atoms with Crippen molar-refractivity contribution in [2.75, 3.05) is 0 Å². The summed E-state index contributed by atoms with van der Waals surface area (Å²) in [4.78, 5) is 46.2. The van der Waals surface area contributed by atoms with E-state index in [1.54, 1.807) is 0 Å². The van der Waals surface area contributed by atoms with Gasteiger partial charge in [0.1, 0.15) is 22.9 Å². The zero-order valence-corrected chi connectivity index (χ0v) is 28.5. The van der Waals surface area contributed by atoms with Gasteiger partial charge in [-0.25, -0.2) is 19.6 Å². The van der Waals surface area contributed by atoms with Crippen LogP contribution in [0.4, 0.5) is 9.59 Å². The van der Waals surface area contributed by atoms with Crippen LogP contribution in [0.2, 0.25) is 0 Å². The van der Waals surface area contributed by atoms with Crippen LogP contribution in [0.1, 0.15) is 91.0 Å². The van der Waals surface area contributed by atoms with E-state index < -0.39 is 11.2 Å². The number of carbonyl (C=O) groups excluding carboxylic acids is 2. The maximum atomic E-state index is 13.0. The first kappa shape index (κ1) is 30.7. The van der Waals surface area contributed by atoms with E-state index in [4.69, 9.17) is 19.4 Å². The van der Waals surface area contributed by atoms with Gasteiger partial charge in [0.25, 0.3) is 0 Å². The summed E-state index contributed by atoms with van der Waals surface area (Å²) < 4.78 is 11.4. The quantitative estimate of drug-likeness (QED) is 0.225. The molecule has 250 valence electrons. The Morgan fingerprint density at radius 2 is 0.958 bits per heavy atom. The molecule has 4 fully saturated rings. The fraction of sp³-hybridized carbons (Fsp3) is 0.474. The molecule has 2 saturated heterocycles. The van der Waals surface area contributed by atoms with Crippen LogP contribution in [0, 0.1) is 11.8 Å². The van der Waals surface area contributed by atoms with Crippen molar-refractivity contribution in [3.05, 3.63) is 72.6 Å². The third-order valence-electron chi connectivity index (χ3n) is 9.96. The molecule has 2 saturated carbocycles. The van der Waals surface area contributed by atoms with Gasteiger partial charge in [-0.2, -0.15) is 0 Å². The molecule has 2 aromatic heterocycles. The lowest BCUT2D eigenvalue weighted by molar-refractivity contribution is 0.0164. The highest BCUT2D eigenvalue weighted by Crippen LogP contribution is 2.54. The van der Waals surface area contributed by atoms with Gasteiger partial charge >= 0.3 is 12.2 Å². The summed E-state index contributed by atoms with van der Waals surface area (Å²) in [5, 5.41) is 0. The highest BCUT2D eigenvalue weighted by molar-refractivity contribution is 5.73. The third-order valence-corrected chi connectivity index (χ3v) is 9.96. The summed E-state index contributed by atoms with van der Waals surface area (Å²) in [6.07, 6.45) is 7.12. The van der Waals surface area contributed by atoms with Gasteiger partial charge in [-0.05, 0) is 101 Å². The molecule has 0 radical (unpaired) electrons. The number of aromatic nitrogens is 4. The Hall–Kier alpha value is -4.60. The average molecular weight is 649 g/mol. The van der Waals surface area contributed by atoms with Gasteiger partial charge in [0.2, 0.25) is 0 Å². The van der Waals surface area contributed by atoms with E-state index in [0.717, 1.165) is 71.0 Å². The van der Waals surface area contributed by atoms with Crippen molar-refractivity contribution in [2.24, 2.45) is 11.8 Å². The molecule has 2 aliphatic heterocycles. The molecule has 0 unspecified atom stereocenters. The molecule has 0 bridgehead atoms. The maximum Gasteiger partial charge on any atom is 0.411 e. The summed E-state index contributed by atoms with van der Waals surface area (Å²) >= 11 is 0. The van der Waals surface area contributed by atoms with Crippen LogP contribution in [0.15, 0.2) is 60.9 Å². The number of carbonyl (C=O) groups is 2.